The van der Waals surface area contributed by atoms with Crippen molar-refractivity contribution in [1.29, 1.82) is 0 Å². The van der Waals surface area contributed by atoms with Crippen LogP contribution in [0.3, 0.4) is 0 Å². The molecule has 7 heteroatoms. The van der Waals surface area contributed by atoms with Crippen LogP contribution in [0.4, 0.5) is 0 Å². The lowest BCUT2D eigenvalue weighted by Gasteiger charge is -2.03. The summed E-state index contributed by atoms with van der Waals surface area (Å²) in [5.74, 6) is 0. The molecule has 2 aromatic rings. The molecule has 0 saturated carbocycles. The molecule has 0 spiro atoms. The average Bonchev–Trinajstić information content (AvgIpc) is 2.61. The Hall–Kier alpha value is -1.47. The SMILES string of the molecule is CS(=O)(=O)OCc1cccc2nncn12. The fraction of sp³-hybridized carbons (Fsp3) is 0.250. The summed E-state index contributed by atoms with van der Waals surface area (Å²) in [6.45, 7) is -0.0196. The van der Waals surface area contributed by atoms with Gasteiger partial charge in [-0.05, 0) is 12.1 Å². The Labute approximate surface area is 86.6 Å². The lowest BCUT2D eigenvalue weighted by molar-refractivity contribution is 0.305. The van der Waals surface area contributed by atoms with E-state index in [1.54, 1.807) is 22.6 Å². The van der Waals surface area contributed by atoms with Gasteiger partial charge in [0.25, 0.3) is 10.1 Å². The Morgan fingerprint density at radius 1 is 1.47 bits per heavy atom. The maximum atomic E-state index is 10.8. The van der Waals surface area contributed by atoms with Crippen LogP contribution in [0.5, 0.6) is 0 Å². The zero-order valence-corrected chi connectivity index (χ0v) is 8.81. The first-order valence-corrected chi connectivity index (χ1v) is 6.00. The van der Waals surface area contributed by atoms with Crippen LogP contribution in [0.2, 0.25) is 0 Å². The van der Waals surface area contributed by atoms with Crippen LogP contribution < -0.4 is 0 Å². The standard InChI is InChI=1S/C8H9N3O3S/c1-15(12,13)14-5-7-3-2-4-8-10-9-6-11(7)8/h2-4,6H,5H2,1H3. The fourth-order valence-electron chi connectivity index (χ4n) is 1.19. The molecule has 0 N–H and O–H groups in total. The molecule has 0 amide bonds. The van der Waals surface area contributed by atoms with Gasteiger partial charge >= 0.3 is 0 Å². The second-order valence-electron chi connectivity index (χ2n) is 3.04. The van der Waals surface area contributed by atoms with E-state index < -0.39 is 10.1 Å². The molecule has 2 aromatic heterocycles. The third-order valence-corrected chi connectivity index (χ3v) is 2.38. The van der Waals surface area contributed by atoms with Gasteiger partial charge in [-0.25, -0.2) is 0 Å². The van der Waals surface area contributed by atoms with Crippen molar-refractivity contribution in [2.45, 2.75) is 6.61 Å². The summed E-state index contributed by atoms with van der Waals surface area (Å²) in [6.07, 6.45) is 2.52. The van der Waals surface area contributed by atoms with Crippen LogP contribution in [-0.2, 0) is 20.9 Å². The Kier molecular flexibility index (Phi) is 2.41. The molecule has 0 aromatic carbocycles. The van der Waals surface area contributed by atoms with Gasteiger partial charge in [0, 0.05) is 0 Å². The van der Waals surface area contributed by atoms with E-state index in [0.717, 1.165) is 6.26 Å². The Bertz CT molecular complexity index is 576. The Balaban J connectivity index is 2.32. The molecule has 2 heterocycles. The number of aromatic nitrogens is 3. The van der Waals surface area contributed by atoms with Crippen molar-refractivity contribution >= 4 is 15.8 Å². The number of fused-ring (bicyclic) bond motifs is 1. The Morgan fingerprint density at radius 2 is 2.27 bits per heavy atom. The van der Waals surface area contributed by atoms with E-state index in [9.17, 15) is 8.42 Å². The third kappa shape index (κ3) is 2.31. The van der Waals surface area contributed by atoms with Crippen LogP contribution in [0.1, 0.15) is 5.69 Å². The maximum absolute atomic E-state index is 10.8. The van der Waals surface area contributed by atoms with Gasteiger partial charge in [0.2, 0.25) is 0 Å². The summed E-state index contributed by atoms with van der Waals surface area (Å²) in [5.41, 5.74) is 1.34. The number of hydrogen-bond acceptors (Lipinski definition) is 5. The first-order chi connectivity index (χ1) is 7.06. The van der Waals surface area contributed by atoms with Crippen molar-refractivity contribution in [2.75, 3.05) is 6.26 Å². The van der Waals surface area contributed by atoms with Crippen LogP contribution in [-0.4, -0.2) is 29.3 Å². The highest BCUT2D eigenvalue weighted by atomic mass is 32.2. The highest BCUT2D eigenvalue weighted by molar-refractivity contribution is 7.85. The highest BCUT2D eigenvalue weighted by Gasteiger charge is 2.05. The first kappa shape index (κ1) is 10.1. The predicted octanol–water partition coefficient (Wildman–Crippen LogP) is 0.206. The van der Waals surface area contributed by atoms with Gasteiger partial charge < -0.3 is 0 Å². The zero-order chi connectivity index (χ0) is 10.9. The van der Waals surface area contributed by atoms with E-state index in [2.05, 4.69) is 14.4 Å². The molecule has 0 bridgehead atoms. The molecule has 0 atom stereocenters. The lowest BCUT2D eigenvalue weighted by atomic mass is 10.3. The largest absolute Gasteiger partial charge is 0.284 e. The van der Waals surface area contributed by atoms with Gasteiger partial charge in [-0.2, -0.15) is 8.42 Å². The normalized spacial score (nSPS) is 12.1. The van der Waals surface area contributed by atoms with Gasteiger partial charge in [0.05, 0.1) is 11.9 Å². The third-order valence-electron chi connectivity index (χ3n) is 1.84. The summed E-state index contributed by atoms with van der Waals surface area (Å²) in [7, 11) is -3.43. The number of pyridine rings is 1. The summed E-state index contributed by atoms with van der Waals surface area (Å²) >= 11 is 0. The molecule has 6 nitrogen and oxygen atoms in total. The second kappa shape index (κ2) is 3.59. The van der Waals surface area contributed by atoms with E-state index in [-0.39, 0.29) is 6.61 Å². The Morgan fingerprint density at radius 3 is 3.00 bits per heavy atom. The predicted molar refractivity (Wildman–Crippen MR) is 52.6 cm³/mol. The van der Waals surface area contributed by atoms with E-state index in [4.69, 9.17) is 0 Å². The topological polar surface area (TPSA) is 73.6 Å². The van der Waals surface area contributed by atoms with Crippen LogP contribution in [0, 0.1) is 0 Å². The smallest absolute Gasteiger partial charge is 0.264 e. The minimum atomic E-state index is -3.43. The maximum Gasteiger partial charge on any atom is 0.264 e. The molecule has 0 aliphatic carbocycles. The molecule has 0 aliphatic heterocycles. The molecule has 0 saturated heterocycles. The molecule has 2 rings (SSSR count). The molecule has 0 radical (unpaired) electrons. The monoisotopic (exact) mass is 227 g/mol. The van der Waals surface area contributed by atoms with E-state index in [1.165, 1.54) is 6.33 Å². The highest BCUT2D eigenvalue weighted by Crippen LogP contribution is 2.06. The van der Waals surface area contributed by atoms with Crippen molar-refractivity contribution in [3.8, 4) is 0 Å². The second-order valence-corrected chi connectivity index (χ2v) is 4.69. The van der Waals surface area contributed by atoms with E-state index >= 15 is 0 Å². The van der Waals surface area contributed by atoms with Gasteiger partial charge in [-0.3, -0.25) is 8.58 Å². The van der Waals surface area contributed by atoms with Crippen molar-refractivity contribution < 1.29 is 12.6 Å². The minimum absolute atomic E-state index is 0.0196. The van der Waals surface area contributed by atoms with Crippen LogP contribution in [0.25, 0.3) is 5.65 Å². The molecule has 80 valence electrons. The van der Waals surface area contributed by atoms with Crippen molar-refractivity contribution in [2.24, 2.45) is 0 Å². The van der Waals surface area contributed by atoms with E-state index in [1.807, 2.05) is 0 Å². The van der Waals surface area contributed by atoms with E-state index in [0.29, 0.717) is 11.3 Å². The van der Waals surface area contributed by atoms with Gasteiger partial charge in [0.1, 0.15) is 12.9 Å². The summed E-state index contributed by atoms with van der Waals surface area (Å²) < 4.78 is 28.0. The zero-order valence-electron chi connectivity index (χ0n) is 7.99. The fourth-order valence-corrected chi connectivity index (χ4v) is 1.52. The quantitative estimate of drug-likeness (QED) is 0.700. The lowest BCUT2D eigenvalue weighted by Crippen LogP contribution is -2.05. The summed E-state index contributed by atoms with van der Waals surface area (Å²) in [5, 5.41) is 7.55. The van der Waals surface area contributed by atoms with Crippen LogP contribution in [0.15, 0.2) is 24.5 Å². The number of hydrogen-bond donors (Lipinski definition) is 0. The molecule has 0 fully saturated rings. The molecular formula is C8H9N3O3S. The van der Waals surface area contributed by atoms with Crippen molar-refractivity contribution in [3.05, 3.63) is 30.2 Å². The summed E-state index contributed by atoms with van der Waals surface area (Å²) in [4.78, 5) is 0. The molecule has 15 heavy (non-hydrogen) atoms. The van der Waals surface area contributed by atoms with Gasteiger partial charge in [-0.15, -0.1) is 10.2 Å². The summed E-state index contributed by atoms with van der Waals surface area (Å²) in [6, 6.07) is 5.30. The molecule has 0 unspecified atom stereocenters. The number of nitrogens with zero attached hydrogens (tertiary/aromatic N) is 3. The first-order valence-electron chi connectivity index (χ1n) is 4.18. The van der Waals surface area contributed by atoms with Gasteiger partial charge in [-0.1, -0.05) is 6.07 Å². The van der Waals surface area contributed by atoms with Crippen molar-refractivity contribution in [1.82, 2.24) is 14.6 Å². The average molecular weight is 227 g/mol. The number of rotatable bonds is 3. The molecular weight excluding hydrogens is 218 g/mol. The molecule has 0 aliphatic rings. The van der Waals surface area contributed by atoms with Crippen molar-refractivity contribution in [3.63, 3.8) is 0 Å². The minimum Gasteiger partial charge on any atom is -0.284 e. The van der Waals surface area contributed by atoms with Crippen LogP contribution >= 0.6 is 0 Å². The van der Waals surface area contributed by atoms with Gasteiger partial charge in [0.15, 0.2) is 5.65 Å².